The summed E-state index contributed by atoms with van der Waals surface area (Å²) in [6, 6.07) is 11.3. The van der Waals surface area contributed by atoms with Gasteiger partial charge < -0.3 is 10.1 Å². The van der Waals surface area contributed by atoms with Gasteiger partial charge in [-0.3, -0.25) is 0 Å². The standard InChI is InChI=1S/C19H31NO/c1-3-5-13-19(4-2,15-20-18-11-12-18)16-21-14-17-9-7-6-8-10-17/h6-10,18,20H,3-5,11-16H2,1-2H3. The lowest BCUT2D eigenvalue weighted by molar-refractivity contribution is 0.0239. The highest BCUT2D eigenvalue weighted by atomic mass is 16.5. The first-order valence-electron chi connectivity index (χ1n) is 8.63. The molecule has 1 aromatic carbocycles. The number of ether oxygens (including phenoxy) is 1. The minimum atomic E-state index is 0.313. The Hall–Kier alpha value is -0.860. The molecule has 0 spiro atoms. The van der Waals surface area contributed by atoms with Crippen LogP contribution in [-0.2, 0) is 11.3 Å². The summed E-state index contributed by atoms with van der Waals surface area (Å²) in [4.78, 5) is 0. The largest absolute Gasteiger partial charge is 0.376 e. The van der Waals surface area contributed by atoms with Gasteiger partial charge in [0.15, 0.2) is 0 Å². The number of hydrogen-bond donors (Lipinski definition) is 1. The van der Waals surface area contributed by atoms with E-state index in [1.54, 1.807) is 0 Å². The zero-order chi connectivity index (χ0) is 15.0. The SMILES string of the molecule is CCCCC(CC)(CNC1CC1)COCc1ccccc1. The van der Waals surface area contributed by atoms with Crippen LogP contribution in [0.3, 0.4) is 0 Å². The van der Waals surface area contributed by atoms with Crippen LogP contribution in [0.1, 0.15) is 57.9 Å². The summed E-state index contributed by atoms with van der Waals surface area (Å²) in [6.45, 7) is 7.31. The van der Waals surface area contributed by atoms with Gasteiger partial charge in [-0.2, -0.15) is 0 Å². The number of rotatable bonds is 11. The number of unbranched alkanes of at least 4 members (excludes halogenated alkanes) is 1. The average Bonchev–Trinajstić information content (AvgIpc) is 3.35. The molecule has 2 nitrogen and oxygen atoms in total. The third-order valence-corrected chi connectivity index (χ3v) is 4.67. The molecule has 0 bridgehead atoms. The van der Waals surface area contributed by atoms with E-state index in [4.69, 9.17) is 4.74 Å². The fraction of sp³-hybridized carbons (Fsp3) is 0.684. The molecule has 1 aliphatic carbocycles. The smallest absolute Gasteiger partial charge is 0.0717 e. The number of nitrogens with one attached hydrogen (secondary N) is 1. The topological polar surface area (TPSA) is 21.3 Å². The van der Waals surface area contributed by atoms with E-state index < -0.39 is 0 Å². The summed E-state index contributed by atoms with van der Waals surface area (Å²) in [7, 11) is 0. The number of hydrogen-bond acceptors (Lipinski definition) is 2. The Bertz CT molecular complexity index is 388. The highest BCUT2D eigenvalue weighted by molar-refractivity contribution is 5.13. The third kappa shape index (κ3) is 5.80. The Morgan fingerprint density at radius 1 is 1.19 bits per heavy atom. The average molecular weight is 289 g/mol. The molecule has 118 valence electrons. The summed E-state index contributed by atoms with van der Waals surface area (Å²) >= 11 is 0. The van der Waals surface area contributed by atoms with Crippen molar-refractivity contribution in [2.75, 3.05) is 13.2 Å². The van der Waals surface area contributed by atoms with Gasteiger partial charge >= 0.3 is 0 Å². The third-order valence-electron chi connectivity index (χ3n) is 4.67. The lowest BCUT2D eigenvalue weighted by Crippen LogP contribution is -2.38. The predicted molar refractivity (Wildman–Crippen MR) is 89.4 cm³/mol. The van der Waals surface area contributed by atoms with Crippen LogP contribution in [0.25, 0.3) is 0 Å². The lowest BCUT2D eigenvalue weighted by Gasteiger charge is -2.33. The van der Waals surface area contributed by atoms with E-state index in [0.29, 0.717) is 5.41 Å². The van der Waals surface area contributed by atoms with Gasteiger partial charge in [0.05, 0.1) is 13.2 Å². The Labute approximate surface area is 130 Å². The lowest BCUT2D eigenvalue weighted by atomic mass is 9.80. The zero-order valence-electron chi connectivity index (χ0n) is 13.7. The fourth-order valence-corrected chi connectivity index (χ4v) is 2.78. The van der Waals surface area contributed by atoms with Crippen molar-refractivity contribution < 1.29 is 4.74 Å². The van der Waals surface area contributed by atoms with Crippen molar-refractivity contribution in [2.45, 2.75) is 65.0 Å². The quantitative estimate of drug-likeness (QED) is 0.645. The second-order valence-electron chi connectivity index (χ2n) is 6.59. The molecule has 1 atom stereocenters. The summed E-state index contributed by atoms with van der Waals surface area (Å²) < 4.78 is 6.09. The van der Waals surface area contributed by atoms with Gasteiger partial charge in [0.1, 0.15) is 0 Å². The van der Waals surface area contributed by atoms with Gasteiger partial charge in [-0.1, -0.05) is 57.0 Å². The van der Waals surface area contributed by atoms with E-state index >= 15 is 0 Å². The van der Waals surface area contributed by atoms with Crippen molar-refractivity contribution in [3.63, 3.8) is 0 Å². The second-order valence-corrected chi connectivity index (χ2v) is 6.59. The van der Waals surface area contributed by atoms with Crippen molar-refractivity contribution >= 4 is 0 Å². The Kier molecular flexibility index (Phi) is 6.72. The molecule has 1 aromatic rings. The molecule has 0 aromatic heterocycles. The van der Waals surface area contributed by atoms with Crippen LogP contribution < -0.4 is 5.32 Å². The molecular formula is C19H31NO. The van der Waals surface area contributed by atoms with Gasteiger partial charge in [-0.25, -0.2) is 0 Å². The van der Waals surface area contributed by atoms with Crippen molar-refractivity contribution in [1.82, 2.24) is 5.32 Å². The van der Waals surface area contributed by atoms with E-state index in [0.717, 1.165) is 25.8 Å². The highest BCUT2D eigenvalue weighted by Crippen LogP contribution is 2.31. The molecule has 1 aliphatic rings. The first kappa shape index (κ1) is 16.5. The molecule has 0 radical (unpaired) electrons. The van der Waals surface area contributed by atoms with Crippen molar-refractivity contribution in [2.24, 2.45) is 5.41 Å². The first-order chi connectivity index (χ1) is 10.3. The van der Waals surface area contributed by atoms with Crippen LogP contribution in [0.4, 0.5) is 0 Å². The summed E-state index contributed by atoms with van der Waals surface area (Å²) in [5, 5.41) is 3.73. The molecule has 2 heteroatoms. The molecule has 2 rings (SSSR count). The van der Waals surface area contributed by atoms with Crippen LogP contribution in [0.5, 0.6) is 0 Å². The molecular weight excluding hydrogens is 258 g/mol. The minimum absolute atomic E-state index is 0.313. The monoisotopic (exact) mass is 289 g/mol. The Balaban J connectivity index is 1.83. The Morgan fingerprint density at radius 2 is 1.95 bits per heavy atom. The predicted octanol–water partition coefficient (Wildman–Crippen LogP) is 4.54. The van der Waals surface area contributed by atoms with Gasteiger partial charge in [-0.05, 0) is 31.2 Å². The summed E-state index contributed by atoms with van der Waals surface area (Å²) in [6.07, 6.45) is 7.76. The maximum Gasteiger partial charge on any atom is 0.0717 e. The highest BCUT2D eigenvalue weighted by Gasteiger charge is 2.31. The summed E-state index contributed by atoms with van der Waals surface area (Å²) in [5.41, 5.74) is 1.58. The first-order valence-corrected chi connectivity index (χ1v) is 8.63. The van der Waals surface area contributed by atoms with Crippen LogP contribution in [0.2, 0.25) is 0 Å². The van der Waals surface area contributed by atoms with Crippen molar-refractivity contribution in [3.8, 4) is 0 Å². The van der Waals surface area contributed by atoms with E-state index in [1.165, 1.54) is 44.1 Å². The van der Waals surface area contributed by atoms with E-state index in [2.05, 4.69) is 49.5 Å². The van der Waals surface area contributed by atoms with Crippen LogP contribution in [0, 0.1) is 5.41 Å². The molecule has 1 N–H and O–H groups in total. The normalized spacial score (nSPS) is 17.6. The van der Waals surface area contributed by atoms with Gasteiger partial charge in [0.25, 0.3) is 0 Å². The van der Waals surface area contributed by atoms with Gasteiger partial charge in [0, 0.05) is 18.0 Å². The van der Waals surface area contributed by atoms with Crippen LogP contribution >= 0.6 is 0 Å². The second kappa shape index (κ2) is 8.55. The molecule has 1 saturated carbocycles. The summed E-state index contributed by atoms with van der Waals surface area (Å²) in [5.74, 6) is 0. The molecule has 0 amide bonds. The van der Waals surface area contributed by atoms with Crippen LogP contribution in [-0.4, -0.2) is 19.2 Å². The minimum Gasteiger partial charge on any atom is -0.376 e. The molecule has 21 heavy (non-hydrogen) atoms. The van der Waals surface area contributed by atoms with Crippen molar-refractivity contribution in [3.05, 3.63) is 35.9 Å². The van der Waals surface area contributed by atoms with Crippen molar-refractivity contribution in [1.29, 1.82) is 0 Å². The fourth-order valence-electron chi connectivity index (χ4n) is 2.78. The maximum absolute atomic E-state index is 6.09. The maximum atomic E-state index is 6.09. The van der Waals surface area contributed by atoms with E-state index in [1.807, 2.05) is 0 Å². The van der Waals surface area contributed by atoms with Crippen LogP contribution in [0.15, 0.2) is 30.3 Å². The zero-order valence-corrected chi connectivity index (χ0v) is 13.7. The number of benzene rings is 1. The van der Waals surface area contributed by atoms with Gasteiger partial charge in [-0.15, -0.1) is 0 Å². The Morgan fingerprint density at radius 3 is 2.57 bits per heavy atom. The molecule has 0 saturated heterocycles. The van der Waals surface area contributed by atoms with Gasteiger partial charge in [0.2, 0.25) is 0 Å². The van der Waals surface area contributed by atoms with E-state index in [-0.39, 0.29) is 0 Å². The molecule has 0 heterocycles. The molecule has 0 aliphatic heterocycles. The molecule has 1 fully saturated rings. The van der Waals surface area contributed by atoms with E-state index in [9.17, 15) is 0 Å². The molecule has 1 unspecified atom stereocenters.